The van der Waals surface area contributed by atoms with Gasteiger partial charge in [0.05, 0.1) is 11.7 Å². The molecule has 2 heterocycles. The van der Waals surface area contributed by atoms with Crippen molar-refractivity contribution in [1.82, 2.24) is 4.90 Å². The number of piperidine rings is 1. The fourth-order valence-corrected chi connectivity index (χ4v) is 2.86. The van der Waals surface area contributed by atoms with Gasteiger partial charge in [-0.15, -0.1) is 0 Å². The van der Waals surface area contributed by atoms with Crippen LogP contribution in [0.25, 0.3) is 0 Å². The molecule has 2 aliphatic heterocycles. The van der Waals surface area contributed by atoms with Gasteiger partial charge >= 0.3 is 0 Å². The summed E-state index contributed by atoms with van der Waals surface area (Å²) < 4.78 is 11.8. The first kappa shape index (κ1) is 12.3. The van der Waals surface area contributed by atoms with Crippen LogP contribution in [0.1, 0.15) is 46.5 Å². The molecule has 94 valence electrons. The molecule has 2 rings (SSSR count). The Morgan fingerprint density at radius 3 is 2.50 bits per heavy atom. The van der Waals surface area contributed by atoms with E-state index in [9.17, 15) is 0 Å². The summed E-state index contributed by atoms with van der Waals surface area (Å²) in [7, 11) is 0. The zero-order valence-corrected chi connectivity index (χ0v) is 10.9. The van der Waals surface area contributed by atoms with Crippen molar-refractivity contribution in [2.75, 3.05) is 19.6 Å². The minimum Gasteiger partial charge on any atom is -0.348 e. The molecule has 0 aliphatic carbocycles. The fraction of sp³-hybridized carbons (Fsp3) is 1.00. The highest BCUT2D eigenvalue weighted by Gasteiger charge is 2.34. The lowest BCUT2D eigenvalue weighted by atomic mass is 10.00. The summed E-state index contributed by atoms with van der Waals surface area (Å²) in [5.41, 5.74) is -0.0296. The van der Waals surface area contributed by atoms with E-state index in [1.807, 2.05) is 0 Å². The Bertz CT molecular complexity index is 224. The van der Waals surface area contributed by atoms with E-state index < -0.39 is 0 Å². The van der Waals surface area contributed by atoms with Gasteiger partial charge < -0.3 is 9.47 Å². The average molecular weight is 227 g/mol. The van der Waals surface area contributed by atoms with Gasteiger partial charge in [0.1, 0.15) is 0 Å². The highest BCUT2D eigenvalue weighted by atomic mass is 16.7. The lowest BCUT2D eigenvalue weighted by Crippen LogP contribution is -2.48. The van der Waals surface area contributed by atoms with E-state index in [2.05, 4.69) is 25.7 Å². The van der Waals surface area contributed by atoms with Crippen LogP contribution in [0.5, 0.6) is 0 Å². The first-order valence-corrected chi connectivity index (χ1v) is 6.61. The molecule has 3 nitrogen and oxygen atoms in total. The molecule has 0 unspecified atom stereocenters. The summed E-state index contributed by atoms with van der Waals surface area (Å²) in [6.45, 7) is 9.82. The lowest BCUT2D eigenvalue weighted by Gasteiger charge is -2.41. The smallest absolute Gasteiger partial charge is 0.171 e. The zero-order valence-electron chi connectivity index (χ0n) is 10.9. The molecule has 0 bridgehead atoms. The summed E-state index contributed by atoms with van der Waals surface area (Å²) >= 11 is 0. The number of hydrogen-bond donors (Lipinski definition) is 0. The SMILES string of the molecule is C[C@H]1CC(C)(C)O[C@@H](CN2CCCCC2)O1. The third kappa shape index (κ3) is 3.44. The number of hydrogen-bond acceptors (Lipinski definition) is 3. The van der Waals surface area contributed by atoms with Crippen LogP contribution < -0.4 is 0 Å². The van der Waals surface area contributed by atoms with Gasteiger partial charge in [0.25, 0.3) is 0 Å². The van der Waals surface area contributed by atoms with Gasteiger partial charge in [-0.2, -0.15) is 0 Å². The molecule has 0 N–H and O–H groups in total. The minimum absolute atomic E-state index is 0.0296. The van der Waals surface area contributed by atoms with Crippen molar-refractivity contribution in [2.24, 2.45) is 0 Å². The van der Waals surface area contributed by atoms with Crippen LogP contribution in [0, 0.1) is 0 Å². The molecule has 0 radical (unpaired) electrons. The van der Waals surface area contributed by atoms with Crippen LogP contribution in [0.2, 0.25) is 0 Å². The summed E-state index contributed by atoms with van der Waals surface area (Å²) in [5.74, 6) is 0. The second-order valence-corrected chi connectivity index (χ2v) is 5.82. The van der Waals surface area contributed by atoms with Gasteiger partial charge in [0.15, 0.2) is 6.29 Å². The number of nitrogens with zero attached hydrogens (tertiary/aromatic N) is 1. The zero-order chi connectivity index (χ0) is 11.6. The topological polar surface area (TPSA) is 21.7 Å². The quantitative estimate of drug-likeness (QED) is 0.723. The molecule has 2 saturated heterocycles. The molecular weight excluding hydrogens is 202 g/mol. The van der Waals surface area contributed by atoms with Crippen LogP contribution in [0.15, 0.2) is 0 Å². The first-order chi connectivity index (χ1) is 7.55. The Labute approximate surface area is 99.1 Å². The van der Waals surface area contributed by atoms with E-state index in [0.29, 0.717) is 6.10 Å². The molecule has 0 amide bonds. The molecule has 0 aromatic rings. The van der Waals surface area contributed by atoms with Crippen molar-refractivity contribution in [3.63, 3.8) is 0 Å². The van der Waals surface area contributed by atoms with Gasteiger partial charge in [-0.05, 0) is 46.7 Å². The summed E-state index contributed by atoms with van der Waals surface area (Å²) in [6.07, 6.45) is 5.31. The van der Waals surface area contributed by atoms with E-state index in [1.165, 1.54) is 32.4 Å². The van der Waals surface area contributed by atoms with Crippen molar-refractivity contribution < 1.29 is 9.47 Å². The summed E-state index contributed by atoms with van der Waals surface area (Å²) in [5, 5.41) is 0. The maximum absolute atomic E-state index is 5.98. The second-order valence-electron chi connectivity index (χ2n) is 5.82. The molecule has 0 aromatic heterocycles. The fourth-order valence-electron chi connectivity index (χ4n) is 2.86. The van der Waals surface area contributed by atoms with Crippen LogP contribution in [0.4, 0.5) is 0 Å². The largest absolute Gasteiger partial charge is 0.348 e. The van der Waals surface area contributed by atoms with Crippen LogP contribution in [0.3, 0.4) is 0 Å². The normalized spacial score (nSPS) is 36.2. The summed E-state index contributed by atoms with van der Waals surface area (Å²) in [4.78, 5) is 2.47. The monoisotopic (exact) mass is 227 g/mol. The Balaban J connectivity index is 1.84. The maximum atomic E-state index is 5.98. The van der Waals surface area contributed by atoms with E-state index in [1.54, 1.807) is 0 Å². The molecule has 16 heavy (non-hydrogen) atoms. The Kier molecular flexibility index (Phi) is 3.88. The highest BCUT2D eigenvalue weighted by molar-refractivity contribution is 4.79. The first-order valence-electron chi connectivity index (χ1n) is 6.61. The summed E-state index contributed by atoms with van der Waals surface area (Å²) in [6, 6.07) is 0. The third-order valence-electron chi connectivity index (χ3n) is 3.47. The highest BCUT2D eigenvalue weighted by Crippen LogP contribution is 2.28. The van der Waals surface area contributed by atoms with Gasteiger partial charge in [-0.25, -0.2) is 0 Å². The third-order valence-corrected chi connectivity index (χ3v) is 3.47. The molecule has 3 heteroatoms. The molecule has 2 aliphatic rings. The number of ether oxygens (including phenoxy) is 2. The van der Waals surface area contributed by atoms with E-state index in [4.69, 9.17) is 9.47 Å². The van der Waals surface area contributed by atoms with E-state index in [0.717, 1.165) is 13.0 Å². The second kappa shape index (κ2) is 5.03. The number of rotatable bonds is 2. The molecular formula is C13H25NO2. The van der Waals surface area contributed by atoms with Gasteiger partial charge in [0.2, 0.25) is 0 Å². The lowest BCUT2D eigenvalue weighted by molar-refractivity contribution is -0.272. The van der Waals surface area contributed by atoms with E-state index in [-0.39, 0.29) is 11.9 Å². The standard InChI is InChI=1S/C13H25NO2/c1-11-9-13(2,3)16-12(15-11)10-14-7-5-4-6-8-14/h11-12H,4-10H2,1-3H3/t11-,12-/m0/s1. The van der Waals surface area contributed by atoms with E-state index >= 15 is 0 Å². The van der Waals surface area contributed by atoms with Crippen molar-refractivity contribution in [1.29, 1.82) is 0 Å². The van der Waals surface area contributed by atoms with Crippen molar-refractivity contribution in [2.45, 2.75) is 64.4 Å². The van der Waals surface area contributed by atoms with Gasteiger partial charge in [-0.3, -0.25) is 4.90 Å². The predicted molar refractivity (Wildman–Crippen MR) is 64.4 cm³/mol. The van der Waals surface area contributed by atoms with Crippen molar-refractivity contribution in [3.8, 4) is 0 Å². The molecule has 0 spiro atoms. The average Bonchev–Trinajstić information content (AvgIpc) is 2.15. The van der Waals surface area contributed by atoms with Crippen LogP contribution in [-0.2, 0) is 9.47 Å². The van der Waals surface area contributed by atoms with Gasteiger partial charge in [-0.1, -0.05) is 6.42 Å². The Morgan fingerprint density at radius 2 is 1.88 bits per heavy atom. The van der Waals surface area contributed by atoms with Gasteiger partial charge in [0, 0.05) is 13.0 Å². The molecule has 2 fully saturated rings. The molecule has 0 aromatic carbocycles. The maximum Gasteiger partial charge on any atom is 0.171 e. The Morgan fingerprint density at radius 1 is 1.19 bits per heavy atom. The molecule has 0 saturated carbocycles. The van der Waals surface area contributed by atoms with Crippen LogP contribution in [-0.4, -0.2) is 42.5 Å². The Hall–Kier alpha value is -0.120. The number of likely N-dealkylation sites (tertiary alicyclic amines) is 1. The van der Waals surface area contributed by atoms with Crippen LogP contribution >= 0.6 is 0 Å². The van der Waals surface area contributed by atoms with Crippen molar-refractivity contribution in [3.05, 3.63) is 0 Å². The molecule has 2 atom stereocenters. The predicted octanol–water partition coefficient (Wildman–Crippen LogP) is 2.40. The van der Waals surface area contributed by atoms with Crippen molar-refractivity contribution >= 4 is 0 Å². The minimum atomic E-state index is -0.0307.